The topological polar surface area (TPSA) is 67.7 Å². The number of nitrogens with zero attached hydrogens (tertiary/aromatic N) is 4. The Morgan fingerprint density at radius 3 is 2.37 bits per heavy atom. The number of hydrogen-bond donors (Lipinski definition) is 0. The molecule has 1 fully saturated rings. The summed E-state index contributed by atoms with van der Waals surface area (Å²) in [5.74, 6) is 0.722. The maximum atomic E-state index is 12.7. The van der Waals surface area contributed by atoms with Gasteiger partial charge in [-0.25, -0.2) is 0 Å². The van der Waals surface area contributed by atoms with Crippen LogP contribution in [0.3, 0.4) is 0 Å². The second-order valence-corrected chi connectivity index (χ2v) is 6.85. The normalized spacial score (nSPS) is 14.4. The van der Waals surface area contributed by atoms with Crippen LogP contribution in [0.2, 0.25) is 0 Å². The molecule has 7 heteroatoms. The van der Waals surface area contributed by atoms with Crippen LogP contribution in [-0.4, -0.2) is 64.7 Å². The number of aryl methyl sites for hydroxylation is 2. The Morgan fingerprint density at radius 1 is 1.11 bits per heavy atom. The van der Waals surface area contributed by atoms with Gasteiger partial charge in [0.1, 0.15) is 5.75 Å². The lowest BCUT2D eigenvalue weighted by atomic mass is 10.1. The van der Waals surface area contributed by atoms with Gasteiger partial charge in [-0.3, -0.25) is 14.3 Å². The van der Waals surface area contributed by atoms with Gasteiger partial charge in [-0.05, 0) is 32.0 Å². The fourth-order valence-electron chi connectivity index (χ4n) is 3.43. The molecule has 1 aromatic heterocycles. The monoisotopic (exact) mass is 370 g/mol. The van der Waals surface area contributed by atoms with Gasteiger partial charge in [-0.2, -0.15) is 5.10 Å². The third kappa shape index (κ3) is 3.97. The van der Waals surface area contributed by atoms with Crippen molar-refractivity contribution in [1.82, 2.24) is 19.6 Å². The van der Waals surface area contributed by atoms with Crippen LogP contribution >= 0.6 is 0 Å². The van der Waals surface area contributed by atoms with Gasteiger partial charge in [0.15, 0.2) is 0 Å². The number of benzene rings is 1. The first-order valence-electron chi connectivity index (χ1n) is 9.11. The summed E-state index contributed by atoms with van der Waals surface area (Å²) in [5, 5.41) is 4.37. The Kier molecular flexibility index (Phi) is 5.48. The number of ether oxygens (including phenoxy) is 1. The van der Waals surface area contributed by atoms with Crippen LogP contribution in [0.15, 0.2) is 24.3 Å². The van der Waals surface area contributed by atoms with E-state index in [4.69, 9.17) is 4.74 Å². The Morgan fingerprint density at radius 2 is 1.78 bits per heavy atom. The number of rotatable bonds is 4. The van der Waals surface area contributed by atoms with Crippen LogP contribution < -0.4 is 4.74 Å². The van der Waals surface area contributed by atoms with E-state index in [2.05, 4.69) is 5.10 Å². The second-order valence-electron chi connectivity index (χ2n) is 6.85. The molecule has 0 aliphatic carbocycles. The Hall–Kier alpha value is -2.83. The van der Waals surface area contributed by atoms with Gasteiger partial charge in [-0.15, -0.1) is 0 Å². The number of piperazine rings is 1. The van der Waals surface area contributed by atoms with Crippen LogP contribution in [0.1, 0.15) is 27.3 Å². The molecule has 1 saturated heterocycles. The molecule has 1 aliphatic heterocycles. The van der Waals surface area contributed by atoms with Gasteiger partial charge < -0.3 is 14.5 Å². The maximum absolute atomic E-state index is 12.7. The Labute approximate surface area is 159 Å². The third-order valence-corrected chi connectivity index (χ3v) is 5.22. The number of carbonyl (C=O) groups is 2. The lowest BCUT2D eigenvalue weighted by Gasteiger charge is -2.35. The average molecular weight is 370 g/mol. The number of aromatic nitrogens is 2. The smallest absolute Gasteiger partial charge is 0.254 e. The van der Waals surface area contributed by atoms with Crippen LogP contribution in [0.5, 0.6) is 5.75 Å². The lowest BCUT2D eigenvalue weighted by Crippen LogP contribution is -2.51. The molecule has 0 spiro atoms. The van der Waals surface area contributed by atoms with E-state index >= 15 is 0 Å². The highest BCUT2D eigenvalue weighted by Crippen LogP contribution is 2.17. The van der Waals surface area contributed by atoms with Gasteiger partial charge in [0.25, 0.3) is 5.91 Å². The van der Waals surface area contributed by atoms with E-state index in [1.165, 1.54) is 0 Å². The van der Waals surface area contributed by atoms with Crippen molar-refractivity contribution in [1.29, 1.82) is 0 Å². The van der Waals surface area contributed by atoms with Crippen LogP contribution in [0.25, 0.3) is 0 Å². The first-order valence-corrected chi connectivity index (χ1v) is 9.11. The Balaban J connectivity index is 1.59. The molecule has 144 valence electrons. The van der Waals surface area contributed by atoms with Gasteiger partial charge in [-0.1, -0.05) is 6.07 Å². The molecular weight excluding hydrogens is 344 g/mol. The van der Waals surface area contributed by atoms with Crippen LogP contribution in [-0.2, 0) is 18.3 Å². The molecule has 0 N–H and O–H groups in total. The first-order chi connectivity index (χ1) is 12.9. The minimum absolute atomic E-state index is 0.0278. The fourth-order valence-corrected chi connectivity index (χ4v) is 3.43. The predicted octanol–water partition coefficient (Wildman–Crippen LogP) is 1.57. The molecular formula is C20H26N4O3. The maximum Gasteiger partial charge on any atom is 0.254 e. The molecule has 1 aliphatic rings. The van der Waals surface area contributed by atoms with E-state index in [1.54, 1.807) is 24.1 Å². The quantitative estimate of drug-likeness (QED) is 0.819. The van der Waals surface area contributed by atoms with Crippen molar-refractivity contribution in [3.8, 4) is 5.75 Å². The van der Waals surface area contributed by atoms with Gasteiger partial charge >= 0.3 is 0 Å². The van der Waals surface area contributed by atoms with Gasteiger partial charge in [0, 0.05) is 50.0 Å². The largest absolute Gasteiger partial charge is 0.497 e. The highest BCUT2D eigenvalue weighted by atomic mass is 16.5. The summed E-state index contributed by atoms with van der Waals surface area (Å²) in [7, 11) is 3.47. The SMILES string of the molecule is COc1cccc(C(=O)N2CCN(C(=O)Cc3c(C)nn(C)c3C)CC2)c1. The number of carbonyl (C=O) groups excluding carboxylic acids is 2. The van der Waals surface area contributed by atoms with E-state index in [9.17, 15) is 9.59 Å². The van der Waals surface area contributed by atoms with Crippen molar-refractivity contribution >= 4 is 11.8 Å². The standard InChI is InChI=1S/C20H26N4O3/c1-14-18(15(2)22(3)21-14)13-19(25)23-8-10-24(11-9-23)20(26)16-6-5-7-17(12-16)27-4/h5-7,12H,8-11,13H2,1-4H3. The number of amides is 2. The molecule has 1 aromatic carbocycles. The number of methoxy groups -OCH3 is 1. The third-order valence-electron chi connectivity index (χ3n) is 5.22. The van der Waals surface area contributed by atoms with E-state index in [0.29, 0.717) is 43.9 Å². The molecule has 2 aromatic rings. The minimum atomic E-state index is -0.0278. The first kappa shape index (κ1) is 18.9. The molecule has 0 unspecified atom stereocenters. The summed E-state index contributed by atoms with van der Waals surface area (Å²) >= 11 is 0. The summed E-state index contributed by atoms with van der Waals surface area (Å²) in [6, 6.07) is 7.16. The molecule has 7 nitrogen and oxygen atoms in total. The average Bonchev–Trinajstić information content (AvgIpc) is 2.93. The second kappa shape index (κ2) is 7.82. The van der Waals surface area contributed by atoms with E-state index in [-0.39, 0.29) is 11.8 Å². The van der Waals surface area contributed by atoms with Crippen LogP contribution in [0, 0.1) is 13.8 Å². The van der Waals surface area contributed by atoms with E-state index in [1.807, 2.05) is 42.6 Å². The van der Waals surface area contributed by atoms with Crippen molar-refractivity contribution in [2.45, 2.75) is 20.3 Å². The zero-order chi connectivity index (χ0) is 19.6. The van der Waals surface area contributed by atoms with Crippen molar-refractivity contribution in [2.24, 2.45) is 7.05 Å². The highest BCUT2D eigenvalue weighted by molar-refractivity contribution is 5.94. The molecule has 3 rings (SSSR count). The summed E-state index contributed by atoms with van der Waals surface area (Å²) in [6.07, 6.45) is 0.356. The minimum Gasteiger partial charge on any atom is -0.497 e. The number of hydrogen-bond acceptors (Lipinski definition) is 4. The summed E-state index contributed by atoms with van der Waals surface area (Å²) in [5.41, 5.74) is 3.52. The van der Waals surface area contributed by atoms with Gasteiger partial charge in [0.05, 0.1) is 19.2 Å². The van der Waals surface area contributed by atoms with Crippen molar-refractivity contribution in [2.75, 3.05) is 33.3 Å². The van der Waals surface area contributed by atoms with Crippen LogP contribution in [0.4, 0.5) is 0 Å². The molecule has 0 saturated carbocycles. The van der Waals surface area contributed by atoms with Crippen molar-refractivity contribution in [3.63, 3.8) is 0 Å². The van der Waals surface area contributed by atoms with Crippen molar-refractivity contribution in [3.05, 3.63) is 46.8 Å². The molecule has 0 radical (unpaired) electrons. The van der Waals surface area contributed by atoms with Crippen molar-refractivity contribution < 1.29 is 14.3 Å². The summed E-state index contributed by atoms with van der Waals surface area (Å²) in [4.78, 5) is 29.0. The zero-order valence-corrected chi connectivity index (χ0v) is 16.4. The molecule has 2 amide bonds. The summed E-state index contributed by atoms with van der Waals surface area (Å²) < 4.78 is 7.00. The highest BCUT2D eigenvalue weighted by Gasteiger charge is 2.26. The molecule has 2 heterocycles. The summed E-state index contributed by atoms with van der Waals surface area (Å²) in [6.45, 7) is 6.08. The zero-order valence-electron chi connectivity index (χ0n) is 16.4. The molecule has 0 bridgehead atoms. The van der Waals surface area contributed by atoms with Gasteiger partial charge in [0.2, 0.25) is 5.91 Å². The fraction of sp³-hybridized carbons (Fsp3) is 0.450. The molecule has 27 heavy (non-hydrogen) atoms. The van der Waals surface area contributed by atoms with E-state index in [0.717, 1.165) is 17.0 Å². The Bertz CT molecular complexity index is 851. The lowest BCUT2D eigenvalue weighted by molar-refractivity contribution is -0.131. The predicted molar refractivity (Wildman–Crippen MR) is 102 cm³/mol. The van der Waals surface area contributed by atoms with E-state index < -0.39 is 0 Å². The molecule has 0 atom stereocenters.